The van der Waals surface area contributed by atoms with Gasteiger partial charge in [-0.2, -0.15) is 0 Å². The van der Waals surface area contributed by atoms with Crippen LogP contribution in [0.3, 0.4) is 0 Å². The van der Waals surface area contributed by atoms with Gasteiger partial charge in [-0.3, -0.25) is 37.3 Å². The topological polar surface area (TPSA) is 237 Å². The van der Waals surface area contributed by atoms with Crippen LogP contribution in [0.25, 0.3) is 0 Å². The van der Waals surface area contributed by atoms with Gasteiger partial charge >= 0.3 is 39.5 Å². The number of hydrogen-bond donors (Lipinski definition) is 3. The van der Waals surface area contributed by atoms with Gasteiger partial charge in [0.15, 0.2) is 12.2 Å². The third-order valence-corrected chi connectivity index (χ3v) is 19.5. The zero-order chi connectivity index (χ0) is 68.4. The SMILES string of the molecule is CCCCCCCCCCCCCCCCCCCCCCCC(=O)O[C@H](COC(=O)CCCCCCCCCCCCC(C)CC)COP(=O)(O)OC[C@@H](O)COP(=O)(O)OC[C@@H](COC(=O)CCCCCCC)OC(=O)CCCCCCCCCCCCCCC. The van der Waals surface area contributed by atoms with Crippen LogP contribution in [0.2, 0.25) is 0 Å². The molecule has 3 N–H and O–H groups in total. The quantitative estimate of drug-likeness (QED) is 0.0222. The van der Waals surface area contributed by atoms with Gasteiger partial charge in [0.1, 0.15) is 19.3 Å². The van der Waals surface area contributed by atoms with E-state index in [9.17, 15) is 43.2 Å². The van der Waals surface area contributed by atoms with Crippen LogP contribution in [0.5, 0.6) is 0 Å². The van der Waals surface area contributed by atoms with Crippen molar-refractivity contribution in [1.82, 2.24) is 0 Å². The summed E-state index contributed by atoms with van der Waals surface area (Å²) in [5.74, 6) is -1.32. The number of ether oxygens (including phenoxy) is 4. The zero-order valence-electron chi connectivity index (χ0n) is 60.4. The van der Waals surface area contributed by atoms with Crippen molar-refractivity contribution < 1.29 is 80.2 Å². The van der Waals surface area contributed by atoms with Crippen LogP contribution in [0, 0.1) is 5.92 Å². The normalized spacial score (nSPS) is 14.3. The summed E-state index contributed by atoms with van der Waals surface area (Å²) < 4.78 is 68.2. The third-order valence-electron chi connectivity index (χ3n) is 17.6. The minimum atomic E-state index is -4.95. The van der Waals surface area contributed by atoms with Crippen molar-refractivity contribution in [3.8, 4) is 0 Å². The molecule has 0 fully saturated rings. The number of esters is 4. The summed E-state index contributed by atoms with van der Waals surface area (Å²) in [5.41, 5.74) is 0. The van der Waals surface area contributed by atoms with Gasteiger partial charge in [0.25, 0.3) is 0 Å². The second kappa shape index (κ2) is 67.3. The highest BCUT2D eigenvalue weighted by atomic mass is 31.2. The number of phosphoric ester groups is 2. The summed E-state index contributed by atoms with van der Waals surface area (Å²) in [7, 11) is -9.90. The molecule has 3 unspecified atom stereocenters. The Labute approximate surface area is 568 Å². The van der Waals surface area contributed by atoms with Gasteiger partial charge < -0.3 is 33.8 Å². The first-order valence-corrected chi connectivity index (χ1v) is 41.7. The predicted octanol–water partition coefficient (Wildman–Crippen LogP) is 21.7. The van der Waals surface area contributed by atoms with E-state index in [4.69, 9.17) is 37.0 Å². The molecule has 0 spiro atoms. The number of rotatable bonds is 74. The summed E-state index contributed by atoms with van der Waals surface area (Å²) >= 11 is 0. The molecular weight excluding hydrogens is 1220 g/mol. The second-order valence-electron chi connectivity index (χ2n) is 26.9. The van der Waals surface area contributed by atoms with E-state index in [1.807, 2.05) is 0 Å². The van der Waals surface area contributed by atoms with Gasteiger partial charge in [-0.1, -0.05) is 336 Å². The summed E-state index contributed by atoms with van der Waals surface area (Å²) in [6.45, 7) is 7.22. The van der Waals surface area contributed by atoms with E-state index in [1.165, 1.54) is 205 Å². The van der Waals surface area contributed by atoms with Gasteiger partial charge in [0.2, 0.25) is 0 Å². The van der Waals surface area contributed by atoms with E-state index in [-0.39, 0.29) is 25.7 Å². The Balaban J connectivity index is 5.12. The van der Waals surface area contributed by atoms with Crippen LogP contribution in [-0.2, 0) is 65.4 Å². The number of carbonyl (C=O) groups is 4. The van der Waals surface area contributed by atoms with E-state index in [0.717, 1.165) is 102 Å². The minimum absolute atomic E-state index is 0.107. The van der Waals surface area contributed by atoms with Gasteiger partial charge in [-0.25, -0.2) is 9.13 Å². The number of phosphoric acid groups is 2. The molecule has 19 heteroatoms. The number of unbranched alkanes of at least 4 members (excludes halogenated alkanes) is 45. The van der Waals surface area contributed by atoms with Crippen molar-refractivity contribution >= 4 is 39.5 Å². The van der Waals surface area contributed by atoms with Crippen molar-refractivity contribution in [3.05, 3.63) is 0 Å². The predicted molar refractivity (Wildman–Crippen MR) is 377 cm³/mol. The molecule has 0 aliphatic carbocycles. The number of aliphatic hydroxyl groups excluding tert-OH is 1. The van der Waals surface area contributed by atoms with Crippen molar-refractivity contribution in [1.29, 1.82) is 0 Å². The molecule has 552 valence electrons. The van der Waals surface area contributed by atoms with Crippen molar-refractivity contribution in [2.45, 2.75) is 406 Å². The lowest BCUT2D eigenvalue weighted by atomic mass is 9.99. The lowest BCUT2D eigenvalue weighted by molar-refractivity contribution is -0.161. The summed E-state index contributed by atoms with van der Waals surface area (Å²) in [4.78, 5) is 72.4. The highest BCUT2D eigenvalue weighted by Gasteiger charge is 2.30. The Bertz CT molecular complexity index is 1790. The molecule has 17 nitrogen and oxygen atoms in total. The number of aliphatic hydroxyl groups is 1. The summed E-state index contributed by atoms with van der Waals surface area (Å²) in [5, 5.41) is 10.6. The second-order valence-corrected chi connectivity index (χ2v) is 29.8. The molecule has 0 amide bonds. The Morgan fingerprint density at radius 3 is 0.763 bits per heavy atom. The molecule has 0 saturated heterocycles. The average molecular weight is 1370 g/mol. The molecule has 0 aliphatic rings. The van der Waals surface area contributed by atoms with Crippen molar-refractivity contribution in [2.75, 3.05) is 39.6 Å². The van der Waals surface area contributed by atoms with Gasteiger partial charge in [-0.05, 0) is 31.6 Å². The minimum Gasteiger partial charge on any atom is -0.462 e. The molecule has 0 bridgehead atoms. The van der Waals surface area contributed by atoms with Crippen LogP contribution in [0.4, 0.5) is 0 Å². The zero-order valence-corrected chi connectivity index (χ0v) is 62.2. The molecule has 0 saturated carbocycles. The number of carbonyl (C=O) groups excluding carboxylic acids is 4. The first-order valence-electron chi connectivity index (χ1n) is 38.7. The molecule has 0 aromatic heterocycles. The largest absolute Gasteiger partial charge is 0.472 e. The van der Waals surface area contributed by atoms with Crippen LogP contribution in [0.15, 0.2) is 0 Å². The van der Waals surface area contributed by atoms with E-state index in [0.29, 0.717) is 25.7 Å². The molecule has 0 rings (SSSR count). The molecular formula is C74H144O17P2. The standard InChI is InChI=1S/C74H144O17P2/c1-6-10-13-16-18-20-22-24-25-26-27-28-29-30-31-33-35-41-45-50-55-60-74(79)91-70(64-85-72(77)58-53-48-43-39-37-36-38-42-47-51-56-67(5)9-4)66-89-93(82,83)87-62-68(75)61-86-92(80,81)88-65-69(63-84-71(76)57-52-46-15-12-8-3)90-73(78)59-54-49-44-40-34-32-23-21-19-17-14-11-7-2/h67-70,75H,6-66H2,1-5H3,(H,80,81)(H,82,83)/t67?,68-,69+,70+/m0/s1. The van der Waals surface area contributed by atoms with E-state index in [1.54, 1.807) is 0 Å². The van der Waals surface area contributed by atoms with Crippen LogP contribution in [0.1, 0.15) is 388 Å². The Hall–Kier alpha value is -1.94. The average Bonchev–Trinajstić information content (AvgIpc) is 2.34. The smallest absolute Gasteiger partial charge is 0.462 e. The molecule has 0 radical (unpaired) electrons. The van der Waals surface area contributed by atoms with Gasteiger partial charge in [0.05, 0.1) is 26.4 Å². The molecule has 6 atom stereocenters. The van der Waals surface area contributed by atoms with Crippen LogP contribution < -0.4 is 0 Å². The Kier molecular flexibility index (Phi) is 65.9. The Morgan fingerprint density at radius 2 is 0.516 bits per heavy atom. The molecule has 0 heterocycles. The summed E-state index contributed by atoms with van der Waals surface area (Å²) in [6, 6.07) is 0. The summed E-state index contributed by atoms with van der Waals surface area (Å²) in [6.07, 6.45) is 55.9. The molecule has 0 aromatic rings. The van der Waals surface area contributed by atoms with E-state index in [2.05, 4.69) is 34.6 Å². The molecule has 93 heavy (non-hydrogen) atoms. The fraction of sp³-hybridized carbons (Fsp3) is 0.946. The van der Waals surface area contributed by atoms with E-state index >= 15 is 0 Å². The molecule has 0 aromatic carbocycles. The van der Waals surface area contributed by atoms with Crippen LogP contribution >= 0.6 is 15.6 Å². The lowest BCUT2D eigenvalue weighted by Gasteiger charge is -2.21. The maximum absolute atomic E-state index is 13.1. The highest BCUT2D eigenvalue weighted by molar-refractivity contribution is 7.47. The molecule has 0 aliphatic heterocycles. The monoisotopic (exact) mass is 1370 g/mol. The highest BCUT2D eigenvalue weighted by Crippen LogP contribution is 2.45. The fourth-order valence-corrected chi connectivity index (χ4v) is 12.9. The van der Waals surface area contributed by atoms with Crippen molar-refractivity contribution in [3.63, 3.8) is 0 Å². The first kappa shape index (κ1) is 91.1. The first-order chi connectivity index (χ1) is 45.1. The van der Waals surface area contributed by atoms with Crippen LogP contribution in [-0.4, -0.2) is 96.7 Å². The maximum atomic E-state index is 13.1. The third kappa shape index (κ3) is 67.0. The fourth-order valence-electron chi connectivity index (χ4n) is 11.3. The Morgan fingerprint density at radius 1 is 0.301 bits per heavy atom. The van der Waals surface area contributed by atoms with Crippen molar-refractivity contribution in [2.24, 2.45) is 5.92 Å². The lowest BCUT2D eigenvalue weighted by Crippen LogP contribution is -2.30. The number of hydrogen-bond acceptors (Lipinski definition) is 15. The van der Waals surface area contributed by atoms with Gasteiger partial charge in [-0.15, -0.1) is 0 Å². The van der Waals surface area contributed by atoms with Gasteiger partial charge in [0, 0.05) is 25.7 Å². The maximum Gasteiger partial charge on any atom is 0.472 e. The van der Waals surface area contributed by atoms with E-state index < -0.39 is 97.5 Å².